The molecule has 0 aliphatic heterocycles. The van der Waals surface area contributed by atoms with Crippen molar-refractivity contribution in [2.75, 3.05) is 0 Å². The highest BCUT2D eigenvalue weighted by Gasteiger charge is 2.09. The van der Waals surface area contributed by atoms with Crippen molar-refractivity contribution in [2.45, 2.75) is 33.4 Å². The Balaban J connectivity index is 2.41. The average molecular weight is 257 g/mol. The van der Waals surface area contributed by atoms with Crippen LogP contribution in [0, 0.1) is 12.7 Å². The van der Waals surface area contributed by atoms with Crippen LogP contribution in [-0.4, -0.2) is 6.04 Å². The van der Waals surface area contributed by atoms with E-state index in [1.807, 2.05) is 37.3 Å². The van der Waals surface area contributed by atoms with Crippen LogP contribution in [0.2, 0.25) is 0 Å². The van der Waals surface area contributed by atoms with Gasteiger partial charge in [0, 0.05) is 18.2 Å². The molecule has 0 radical (unpaired) electrons. The molecule has 2 aromatic carbocycles. The van der Waals surface area contributed by atoms with Gasteiger partial charge in [0.1, 0.15) is 5.82 Å². The highest BCUT2D eigenvalue weighted by Crippen LogP contribution is 2.27. The number of nitrogens with one attached hydrogen (secondary N) is 1. The molecule has 0 spiro atoms. The lowest BCUT2D eigenvalue weighted by Gasteiger charge is -2.13. The summed E-state index contributed by atoms with van der Waals surface area (Å²) in [7, 11) is 0. The van der Waals surface area contributed by atoms with Crippen LogP contribution in [0.25, 0.3) is 11.1 Å². The summed E-state index contributed by atoms with van der Waals surface area (Å²) in [6, 6.07) is 13.6. The fourth-order valence-electron chi connectivity index (χ4n) is 2.10. The first kappa shape index (κ1) is 13.8. The Labute approximate surface area is 114 Å². The van der Waals surface area contributed by atoms with Gasteiger partial charge in [-0.05, 0) is 30.2 Å². The third-order valence-corrected chi connectivity index (χ3v) is 3.13. The van der Waals surface area contributed by atoms with Gasteiger partial charge in [-0.3, -0.25) is 0 Å². The first-order chi connectivity index (χ1) is 9.08. The number of hydrogen-bond acceptors (Lipinski definition) is 1. The Morgan fingerprint density at radius 2 is 1.79 bits per heavy atom. The maximum Gasteiger partial charge on any atom is 0.131 e. The van der Waals surface area contributed by atoms with Gasteiger partial charge in [-0.25, -0.2) is 4.39 Å². The topological polar surface area (TPSA) is 12.0 Å². The SMILES string of the molecule is Cc1ccc(F)c(-c2ccccc2CNC(C)C)c1. The van der Waals surface area contributed by atoms with Crippen LogP contribution in [0.15, 0.2) is 42.5 Å². The van der Waals surface area contributed by atoms with E-state index in [4.69, 9.17) is 0 Å². The molecule has 19 heavy (non-hydrogen) atoms. The van der Waals surface area contributed by atoms with E-state index in [0.29, 0.717) is 11.6 Å². The van der Waals surface area contributed by atoms with Crippen molar-refractivity contribution in [3.8, 4) is 11.1 Å². The number of benzene rings is 2. The number of rotatable bonds is 4. The summed E-state index contributed by atoms with van der Waals surface area (Å²) >= 11 is 0. The molecule has 1 nitrogen and oxygen atoms in total. The van der Waals surface area contributed by atoms with E-state index in [1.165, 1.54) is 6.07 Å². The van der Waals surface area contributed by atoms with Crippen molar-refractivity contribution in [1.29, 1.82) is 0 Å². The zero-order chi connectivity index (χ0) is 13.8. The molecule has 100 valence electrons. The van der Waals surface area contributed by atoms with Gasteiger partial charge in [0.2, 0.25) is 0 Å². The second-order valence-corrected chi connectivity index (χ2v) is 5.18. The zero-order valence-electron chi connectivity index (χ0n) is 11.7. The van der Waals surface area contributed by atoms with Crippen molar-refractivity contribution in [2.24, 2.45) is 0 Å². The molecular formula is C17H20FN. The van der Waals surface area contributed by atoms with Crippen molar-refractivity contribution >= 4 is 0 Å². The summed E-state index contributed by atoms with van der Waals surface area (Å²) in [5.74, 6) is -0.164. The Morgan fingerprint density at radius 3 is 2.53 bits per heavy atom. The fraction of sp³-hybridized carbons (Fsp3) is 0.294. The standard InChI is InChI=1S/C17H20FN/c1-12(2)19-11-14-6-4-5-7-15(14)16-10-13(3)8-9-17(16)18/h4-10,12,19H,11H2,1-3H3. The van der Waals surface area contributed by atoms with E-state index in [1.54, 1.807) is 6.07 Å². The minimum atomic E-state index is -0.164. The molecule has 2 rings (SSSR count). The summed E-state index contributed by atoms with van der Waals surface area (Å²) in [6.45, 7) is 6.95. The molecule has 0 unspecified atom stereocenters. The second kappa shape index (κ2) is 5.98. The first-order valence-electron chi connectivity index (χ1n) is 6.65. The van der Waals surface area contributed by atoms with Crippen LogP contribution < -0.4 is 5.32 Å². The molecule has 2 aromatic rings. The zero-order valence-corrected chi connectivity index (χ0v) is 11.7. The summed E-state index contributed by atoms with van der Waals surface area (Å²) in [6.07, 6.45) is 0. The highest BCUT2D eigenvalue weighted by atomic mass is 19.1. The molecule has 0 amide bonds. The molecule has 0 aliphatic rings. The van der Waals surface area contributed by atoms with E-state index >= 15 is 0 Å². The lowest BCUT2D eigenvalue weighted by molar-refractivity contribution is 0.589. The third kappa shape index (κ3) is 3.42. The van der Waals surface area contributed by atoms with Gasteiger partial charge in [-0.1, -0.05) is 49.7 Å². The Bertz CT molecular complexity index is 561. The normalized spacial score (nSPS) is 11.0. The van der Waals surface area contributed by atoms with Crippen LogP contribution >= 0.6 is 0 Å². The minimum Gasteiger partial charge on any atom is -0.310 e. The summed E-state index contributed by atoms with van der Waals surface area (Å²) in [5.41, 5.74) is 3.85. The molecule has 0 fully saturated rings. The lowest BCUT2D eigenvalue weighted by Crippen LogP contribution is -2.22. The molecule has 0 saturated heterocycles. The van der Waals surface area contributed by atoms with E-state index in [9.17, 15) is 4.39 Å². The third-order valence-electron chi connectivity index (χ3n) is 3.13. The fourth-order valence-corrected chi connectivity index (χ4v) is 2.10. The molecular weight excluding hydrogens is 237 g/mol. The van der Waals surface area contributed by atoms with Crippen molar-refractivity contribution < 1.29 is 4.39 Å². The second-order valence-electron chi connectivity index (χ2n) is 5.18. The van der Waals surface area contributed by atoms with Crippen LogP contribution in [0.3, 0.4) is 0 Å². The first-order valence-corrected chi connectivity index (χ1v) is 6.65. The lowest BCUT2D eigenvalue weighted by atomic mass is 9.97. The van der Waals surface area contributed by atoms with Gasteiger partial charge in [-0.15, -0.1) is 0 Å². The van der Waals surface area contributed by atoms with E-state index in [2.05, 4.69) is 19.2 Å². The van der Waals surface area contributed by atoms with Crippen LogP contribution in [-0.2, 0) is 6.54 Å². The van der Waals surface area contributed by atoms with Crippen LogP contribution in [0.5, 0.6) is 0 Å². The Hall–Kier alpha value is -1.67. The monoisotopic (exact) mass is 257 g/mol. The van der Waals surface area contributed by atoms with Gasteiger partial charge < -0.3 is 5.32 Å². The van der Waals surface area contributed by atoms with E-state index in [0.717, 1.165) is 23.2 Å². The molecule has 1 N–H and O–H groups in total. The molecule has 0 saturated carbocycles. The maximum atomic E-state index is 14.0. The molecule has 0 heterocycles. The van der Waals surface area contributed by atoms with Gasteiger partial charge in [0.15, 0.2) is 0 Å². The van der Waals surface area contributed by atoms with Crippen LogP contribution in [0.4, 0.5) is 4.39 Å². The average Bonchev–Trinajstić information content (AvgIpc) is 2.39. The molecule has 2 heteroatoms. The Kier molecular flexibility index (Phi) is 4.33. The largest absolute Gasteiger partial charge is 0.310 e. The van der Waals surface area contributed by atoms with Gasteiger partial charge >= 0.3 is 0 Å². The predicted molar refractivity (Wildman–Crippen MR) is 78.5 cm³/mol. The number of hydrogen-bond donors (Lipinski definition) is 1. The van der Waals surface area contributed by atoms with Gasteiger partial charge in [0.05, 0.1) is 0 Å². The van der Waals surface area contributed by atoms with Gasteiger partial charge in [0.25, 0.3) is 0 Å². The number of halogens is 1. The smallest absolute Gasteiger partial charge is 0.131 e. The number of aryl methyl sites for hydroxylation is 1. The molecule has 0 aromatic heterocycles. The quantitative estimate of drug-likeness (QED) is 0.861. The maximum absolute atomic E-state index is 14.0. The van der Waals surface area contributed by atoms with Gasteiger partial charge in [-0.2, -0.15) is 0 Å². The van der Waals surface area contributed by atoms with Crippen molar-refractivity contribution in [3.63, 3.8) is 0 Å². The summed E-state index contributed by atoms with van der Waals surface area (Å²) < 4.78 is 14.0. The van der Waals surface area contributed by atoms with Crippen LogP contribution in [0.1, 0.15) is 25.0 Å². The molecule has 0 bridgehead atoms. The summed E-state index contributed by atoms with van der Waals surface area (Å²) in [4.78, 5) is 0. The molecule has 0 aliphatic carbocycles. The summed E-state index contributed by atoms with van der Waals surface area (Å²) in [5, 5.41) is 3.38. The van der Waals surface area contributed by atoms with Crippen molar-refractivity contribution in [1.82, 2.24) is 5.32 Å². The van der Waals surface area contributed by atoms with Crippen molar-refractivity contribution in [3.05, 3.63) is 59.4 Å². The van der Waals surface area contributed by atoms with E-state index in [-0.39, 0.29) is 5.82 Å². The highest BCUT2D eigenvalue weighted by molar-refractivity contribution is 5.68. The predicted octanol–water partition coefficient (Wildman–Crippen LogP) is 4.30. The minimum absolute atomic E-state index is 0.164. The van der Waals surface area contributed by atoms with E-state index < -0.39 is 0 Å². The Morgan fingerprint density at radius 1 is 1.05 bits per heavy atom. The molecule has 0 atom stereocenters.